The molecule has 1 atom stereocenters. The smallest absolute Gasteiger partial charge is 0.209 e. The van der Waals surface area contributed by atoms with Gasteiger partial charge in [0.05, 0.1) is 0 Å². The largest absolute Gasteiger partial charge is 0.369 e. The molecule has 1 unspecified atom stereocenters. The standard InChI is InChI=1S/C15H14O2S/c1-18-15(17,13-10-6-3-7-11-13)14(16)12-8-4-2-5-9-12/h2-11,17H,1H3. The van der Waals surface area contributed by atoms with Crippen LogP contribution in [0.4, 0.5) is 0 Å². The normalized spacial score (nSPS) is 13.9. The van der Waals surface area contributed by atoms with E-state index in [0.717, 1.165) is 11.8 Å². The first-order chi connectivity index (χ1) is 8.68. The van der Waals surface area contributed by atoms with E-state index in [1.165, 1.54) is 0 Å². The highest BCUT2D eigenvalue weighted by atomic mass is 32.2. The Morgan fingerprint density at radius 1 is 1.00 bits per heavy atom. The lowest BCUT2D eigenvalue weighted by Crippen LogP contribution is -2.32. The number of rotatable bonds is 4. The number of thioether (sulfide) groups is 1. The van der Waals surface area contributed by atoms with Crippen LogP contribution in [-0.2, 0) is 4.93 Å². The van der Waals surface area contributed by atoms with Crippen LogP contribution >= 0.6 is 11.8 Å². The highest BCUT2D eigenvalue weighted by molar-refractivity contribution is 8.00. The number of Topliss-reactive ketones (excluding diaryl/α,β-unsaturated/α-hetero) is 1. The Hall–Kier alpha value is -1.58. The van der Waals surface area contributed by atoms with E-state index in [4.69, 9.17) is 0 Å². The summed E-state index contributed by atoms with van der Waals surface area (Å²) in [5.41, 5.74) is 1.12. The summed E-state index contributed by atoms with van der Waals surface area (Å²) < 4.78 is 0. The molecule has 1 N–H and O–H groups in total. The second kappa shape index (κ2) is 5.38. The fourth-order valence-corrected chi connectivity index (χ4v) is 2.47. The molecule has 18 heavy (non-hydrogen) atoms. The highest BCUT2D eigenvalue weighted by Gasteiger charge is 2.37. The lowest BCUT2D eigenvalue weighted by molar-refractivity contribution is 0.0660. The molecule has 0 radical (unpaired) electrons. The van der Waals surface area contributed by atoms with E-state index in [-0.39, 0.29) is 5.78 Å². The first-order valence-corrected chi connectivity index (χ1v) is 6.84. The number of hydrogen-bond acceptors (Lipinski definition) is 3. The summed E-state index contributed by atoms with van der Waals surface area (Å²) in [7, 11) is 0. The van der Waals surface area contributed by atoms with Gasteiger partial charge in [0.25, 0.3) is 0 Å². The van der Waals surface area contributed by atoms with Gasteiger partial charge >= 0.3 is 0 Å². The van der Waals surface area contributed by atoms with Crippen molar-refractivity contribution in [1.29, 1.82) is 0 Å². The second-order valence-electron chi connectivity index (χ2n) is 3.91. The van der Waals surface area contributed by atoms with Gasteiger partial charge in [-0.1, -0.05) is 60.7 Å². The van der Waals surface area contributed by atoms with E-state index in [1.54, 1.807) is 42.7 Å². The number of carbonyl (C=O) groups is 1. The molecule has 0 aliphatic rings. The molecule has 0 saturated heterocycles. The Bertz CT molecular complexity index is 525. The monoisotopic (exact) mass is 258 g/mol. The maximum atomic E-state index is 12.4. The minimum Gasteiger partial charge on any atom is -0.369 e. The number of ketones is 1. The molecule has 0 aromatic heterocycles. The van der Waals surface area contributed by atoms with Gasteiger partial charge in [0.2, 0.25) is 5.78 Å². The molecular weight excluding hydrogens is 244 g/mol. The first-order valence-electron chi connectivity index (χ1n) is 5.61. The number of carbonyl (C=O) groups excluding carboxylic acids is 1. The van der Waals surface area contributed by atoms with Crippen LogP contribution in [0.15, 0.2) is 60.7 Å². The maximum Gasteiger partial charge on any atom is 0.209 e. The molecule has 2 aromatic rings. The maximum absolute atomic E-state index is 12.4. The average molecular weight is 258 g/mol. The lowest BCUT2D eigenvalue weighted by atomic mass is 9.99. The molecule has 0 bridgehead atoms. The van der Waals surface area contributed by atoms with Gasteiger partial charge in [-0.25, -0.2) is 0 Å². The van der Waals surface area contributed by atoms with Crippen molar-refractivity contribution in [3.8, 4) is 0 Å². The Labute approximate surface area is 111 Å². The van der Waals surface area contributed by atoms with E-state index in [9.17, 15) is 9.90 Å². The summed E-state index contributed by atoms with van der Waals surface area (Å²) in [6.45, 7) is 0. The average Bonchev–Trinajstić information content (AvgIpc) is 2.47. The van der Waals surface area contributed by atoms with Crippen molar-refractivity contribution >= 4 is 17.5 Å². The van der Waals surface area contributed by atoms with Gasteiger partial charge in [-0.15, -0.1) is 11.8 Å². The number of hydrogen-bond donors (Lipinski definition) is 1. The third-order valence-electron chi connectivity index (χ3n) is 2.80. The first kappa shape index (κ1) is 12.9. The van der Waals surface area contributed by atoms with Crippen molar-refractivity contribution in [2.75, 3.05) is 6.26 Å². The summed E-state index contributed by atoms with van der Waals surface area (Å²) in [5, 5.41) is 10.6. The van der Waals surface area contributed by atoms with Crippen LogP contribution in [0.25, 0.3) is 0 Å². The molecule has 0 aliphatic carbocycles. The lowest BCUT2D eigenvalue weighted by Gasteiger charge is -2.25. The fourth-order valence-electron chi connectivity index (χ4n) is 1.79. The van der Waals surface area contributed by atoms with Crippen LogP contribution in [0.5, 0.6) is 0 Å². The Balaban J connectivity index is 2.43. The summed E-state index contributed by atoms with van der Waals surface area (Å²) in [6, 6.07) is 17.9. The second-order valence-corrected chi connectivity index (χ2v) is 4.91. The van der Waals surface area contributed by atoms with Gasteiger partial charge in [-0.2, -0.15) is 0 Å². The molecule has 0 heterocycles. The summed E-state index contributed by atoms with van der Waals surface area (Å²) in [6.07, 6.45) is 1.73. The van der Waals surface area contributed by atoms with Gasteiger partial charge in [0.1, 0.15) is 0 Å². The molecule has 0 saturated carbocycles. The molecule has 0 amide bonds. The summed E-state index contributed by atoms with van der Waals surface area (Å²) in [5.74, 6) is -0.290. The van der Waals surface area contributed by atoms with Crippen molar-refractivity contribution in [3.63, 3.8) is 0 Å². The van der Waals surface area contributed by atoms with Gasteiger partial charge in [-0.3, -0.25) is 4.79 Å². The molecule has 0 fully saturated rings. The van der Waals surface area contributed by atoms with Crippen LogP contribution in [0.1, 0.15) is 15.9 Å². The van der Waals surface area contributed by atoms with Crippen LogP contribution < -0.4 is 0 Å². The third kappa shape index (κ3) is 2.33. The van der Waals surface area contributed by atoms with Crippen LogP contribution in [0.3, 0.4) is 0 Å². The predicted octanol–water partition coefficient (Wildman–Crippen LogP) is 3.08. The van der Waals surface area contributed by atoms with E-state index < -0.39 is 4.93 Å². The number of aliphatic hydroxyl groups is 1. The van der Waals surface area contributed by atoms with E-state index >= 15 is 0 Å². The highest BCUT2D eigenvalue weighted by Crippen LogP contribution is 2.35. The van der Waals surface area contributed by atoms with Gasteiger partial charge in [0.15, 0.2) is 4.93 Å². The molecule has 0 aliphatic heterocycles. The minimum atomic E-state index is -1.53. The molecule has 2 rings (SSSR count). The summed E-state index contributed by atoms with van der Waals surface area (Å²) >= 11 is 1.13. The van der Waals surface area contributed by atoms with Crippen molar-refractivity contribution in [2.24, 2.45) is 0 Å². The van der Waals surface area contributed by atoms with E-state index in [0.29, 0.717) is 11.1 Å². The van der Waals surface area contributed by atoms with Crippen LogP contribution in [0.2, 0.25) is 0 Å². The quantitative estimate of drug-likeness (QED) is 0.676. The zero-order valence-corrected chi connectivity index (χ0v) is 10.9. The molecular formula is C15H14O2S. The molecule has 3 heteroatoms. The van der Waals surface area contributed by atoms with Crippen molar-refractivity contribution in [2.45, 2.75) is 4.93 Å². The van der Waals surface area contributed by atoms with E-state index in [2.05, 4.69) is 0 Å². The molecule has 0 spiro atoms. The Morgan fingerprint density at radius 3 is 2.00 bits per heavy atom. The van der Waals surface area contributed by atoms with Gasteiger partial charge in [0, 0.05) is 11.1 Å². The molecule has 92 valence electrons. The van der Waals surface area contributed by atoms with Crippen molar-refractivity contribution in [3.05, 3.63) is 71.8 Å². The van der Waals surface area contributed by atoms with Crippen molar-refractivity contribution in [1.82, 2.24) is 0 Å². The Morgan fingerprint density at radius 2 is 1.50 bits per heavy atom. The Kier molecular flexibility index (Phi) is 3.84. The van der Waals surface area contributed by atoms with E-state index in [1.807, 2.05) is 24.3 Å². The van der Waals surface area contributed by atoms with Crippen LogP contribution in [-0.4, -0.2) is 17.1 Å². The van der Waals surface area contributed by atoms with Gasteiger partial charge < -0.3 is 5.11 Å². The predicted molar refractivity (Wildman–Crippen MR) is 74.6 cm³/mol. The topological polar surface area (TPSA) is 37.3 Å². The molecule has 2 aromatic carbocycles. The number of benzene rings is 2. The molecule has 2 nitrogen and oxygen atoms in total. The van der Waals surface area contributed by atoms with Gasteiger partial charge in [-0.05, 0) is 6.26 Å². The zero-order valence-electron chi connectivity index (χ0n) is 10.0. The SMILES string of the molecule is CSC(O)(C(=O)c1ccccc1)c1ccccc1. The fraction of sp³-hybridized carbons (Fsp3) is 0.133. The van der Waals surface area contributed by atoms with Crippen molar-refractivity contribution < 1.29 is 9.90 Å². The summed E-state index contributed by atoms with van der Waals surface area (Å²) in [4.78, 5) is 10.9. The van der Waals surface area contributed by atoms with Crippen LogP contribution in [0, 0.1) is 0 Å². The zero-order chi connectivity index (χ0) is 13.0. The minimum absolute atomic E-state index is 0.290. The third-order valence-corrected chi connectivity index (χ3v) is 3.82.